The van der Waals surface area contributed by atoms with Gasteiger partial charge in [-0.25, -0.2) is 0 Å². The van der Waals surface area contributed by atoms with E-state index in [1.54, 1.807) is 0 Å². The van der Waals surface area contributed by atoms with E-state index in [2.05, 4.69) is 11.3 Å². The van der Waals surface area contributed by atoms with Crippen LogP contribution in [-0.2, 0) is 0 Å². The maximum Gasteiger partial charge on any atom is 0.0463 e. The molecule has 0 bridgehead atoms. The van der Waals surface area contributed by atoms with Gasteiger partial charge in [0.1, 0.15) is 0 Å². The number of hydrogen-bond acceptors (Lipinski definition) is 0. The second-order valence-electron chi connectivity index (χ2n) is 0.817. The lowest BCUT2D eigenvalue weighted by molar-refractivity contribution is 2.41. The highest BCUT2D eigenvalue weighted by Crippen LogP contribution is 2.23. The Morgan fingerprint density at radius 2 is 1.67 bits per heavy atom. The molecule has 0 atom stereocenters. The molecule has 0 amide bonds. The van der Waals surface area contributed by atoms with Crippen molar-refractivity contribution in [3.63, 3.8) is 0 Å². The summed E-state index contributed by atoms with van der Waals surface area (Å²) < 4.78 is 0. The molecule has 0 aliphatic heterocycles. The smallest absolute Gasteiger partial charge is 0.0463 e. The average molecular weight is 96.1 g/mol. The summed E-state index contributed by atoms with van der Waals surface area (Å²) in [4.78, 5) is 0. The highest BCUT2D eigenvalue weighted by molar-refractivity contribution is 7.67. The van der Waals surface area contributed by atoms with Gasteiger partial charge in [-0.2, -0.15) is 0 Å². The van der Waals surface area contributed by atoms with E-state index in [1.165, 1.54) is 0 Å². The molecule has 6 heavy (non-hydrogen) atoms. The molecule has 0 nitrogen and oxygen atoms in total. The summed E-state index contributed by atoms with van der Waals surface area (Å²) in [6.07, 6.45) is 9.84. The molecule has 0 aromatic heterocycles. The Hall–Kier alpha value is -0.450. The third-order valence-corrected chi connectivity index (χ3v) is 1.16. The van der Waals surface area contributed by atoms with Crippen molar-refractivity contribution < 1.29 is 0 Å². The van der Waals surface area contributed by atoms with Crippen molar-refractivity contribution in [2.45, 2.75) is 0 Å². The predicted octanol–water partition coefficient (Wildman–Crippen LogP) is 1.28. The summed E-state index contributed by atoms with van der Waals surface area (Å²) in [7, 11) is -0.521. The van der Waals surface area contributed by atoms with Crippen LogP contribution in [0.2, 0.25) is 0 Å². The van der Waals surface area contributed by atoms with Gasteiger partial charge >= 0.3 is 0 Å². The third kappa shape index (κ3) is 1.83. The zero-order valence-corrected chi connectivity index (χ0v) is 4.50. The van der Waals surface area contributed by atoms with Gasteiger partial charge in [0.25, 0.3) is 0 Å². The van der Waals surface area contributed by atoms with E-state index < -0.39 is 7.92 Å². The predicted molar refractivity (Wildman–Crippen MR) is 30.5 cm³/mol. The molecule has 0 rings (SSSR count). The Bertz CT molecular complexity index is 88.1. The van der Waals surface area contributed by atoms with Crippen molar-refractivity contribution in [3.05, 3.63) is 0 Å². The second-order valence-corrected chi connectivity index (χ2v) is 2.45. The number of terminal acetylenes is 2. The minimum absolute atomic E-state index is 0.521. The van der Waals surface area contributed by atoms with Gasteiger partial charge in [-0.1, -0.05) is 11.3 Å². The SMILES string of the molecule is C#CP(C)C#C. The molecule has 30 valence electrons. The van der Waals surface area contributed by atoms with Crippen molar-refractivity contribution in [1.82, 2.24) is 0 Å². The van der Waals surface area contributed by atoms with Gasteiger partial charge in [0.15, 0.2) is 0 Å². The Balaban J connectivity index is 3.40. The molecule has 0 aromatic rings. The van der Waals surface area contributed by atoms with Gasteiger partial charge in [-0.3, -0.25) is 0 Å². The van der Waals surface area contributed by atoms with E-state index in [1.807, 2.05) is 6.66 Å². The van der Waals surface area contributed by atoms with E-state index in [-0.39, 0.29) is 0 Å². The molecule has 0 aliphatic carbocycles. The van der Waals surface area contributed by atoms with Crippen molar-refractivity contribution in [3.8, 4) is 24.2 Å². The molecular formula is C5H5P. The zero-order chi connectivity index (χ0) is 4.99. The standard InChI is InChI=1S/C5H5P/c1-4-6(3)5-2/h1-2H,3H3. The van der Waals surface area contributed by atoms with Gasteiger partial charge in [0.2, 0.25) is 0 Å². The van der Waals surface area contributed by atoms with Crippen LogP contribution in [-0.4, -0.2) is 6.66 Å². The monoisotopic (exact) mass is 96.0 g/mol. The lowest BCUT2D eigenvalue weighted by Gasteiger charge is -1.81. The van der Waals surface area contributed by atoms with E-state index in [4.69, 9.17) is 12.8 Å². The van der Waals surface area contributed by atoms with E-state index in [9.17, 15) is 0 Å². The number of hydrogen-bond donors (Lipinski definition) is 0. The molecule has 0 radical (unpaired) electrons. The van der Waals surface area contributed by atoms with Crippen LogP contribution in [0, 0.1) is 24.2 Å². The van der Waals surface area contributed by atoms with Crippen LogP contribution in [0.15, 0.2) is 0 Å². The molecule has 0 saturated heterocycles. The van der Waals surface area contributed by atoms with Crippen molar-refractivity contribution in [2.75, 3.05) is 6.66 Å². The first kappa shape index (κ1) is 5.55. The molecule has 0 aliphatic rings. The van der Waals surface area contributed by atoms with Gasteiger partial charge in [-0.05, 0) is 6.66 Å². The fraction of sp³-hybridized carbons (Fsp3) is 0.200. The summed E-state index contributed by atoms with van der Waals surface area (Å²) in [5.74, 6) is 0. The Labute approximate surface area is 39.7 Å². The molecule has 0 heterocycles. The van der Waals surface area contributed by atoms with Gasteiger partial charge in [-0.15, -0.1) is 12.8 Å². The first-order valence-corrected chi connectivity index (χ1v) is 3.26. The van der Waals surface area contributed by atoms with Crippen LogP contribution in [0.3, 0.4) is 0 Å². The first-order valence-electron chi connectivity index (χ1n) is 1.47. The topological polar surface area (TPSA) is 0 Å². The van der Waals surface area contributed by atoms with Crippen LogP contribution >= 0.6 is 7.92 Å². The van der Waals surface area contributed by atoms with Crippen LogP contribution in [0.5, 0.6) is 0 Å². The van der Waals surface area contributed by atoms with Gasteiger partial charge in [0, 0.05) is 7.92 Å². The molecule has 0 N–H and O–H groups in total. The summed E-state index contributed by atoms with van der Waals surface area (Å²) >= 11 is 0. The van der Waals surface area contributed by atoms with Crippen LogP contribution in [0.1, 0.15) is 0 Å². The fourth-order valence-corrected chi connectivity index (χ4v) is 0.112. The Morgan fingerprint density at radius 1 is 1.33 bits per heavy atom. The fourth-order valence-electron chi connectivity index (χ4n) is 0.0373. The first-order chi connectivity index (χ1) is 2.81. The number of rotatable bonds is 0. The Kier molecular flexibility index (Phi) is 2.56. The quantitative estimate of drug-likeness (QED) is 0.315. The van der Waals surface area contributed by atoms with Crippen LogP contribution < -0.4 is 0 Å². The van der Waals surface area contributed by atoms with Crippen LogP contribution in [0.4, 0.5) is 0 Å². The second kappa shape index (κ2) is 2.77. The maximum atomic E-state index is 4.92. The summed E-state index contributed by atoms with van der Waals surface area (Å²) in [6, 6.07) is 0. The average Bonchev–Trinajstić information content (AvgIpc) is 1.65. The van der Waals surface area contributed by atoms with E-state index in [0.717, 1.165) is 0 Å². The highest BCUT2D eigenvalue weighted by atomic mass is 31.1. The van der Waals surface area contributed by atoms with Gasteiger partial charge < -0.3 is 0 Å². The maximum absolute atomic E-state index is 4.92. The lowest BCUT2D eigenvalue weighted by Crippen LogP contribution is -1.49. The van der Waals surface area contributed by atoms with E-state index in [0.29, 0.717) is 0 Å². The summed E-state index contributed by atoms with van der Waals surface area (Å²) in [5.41, 5.74) is 4.89. The van der Waals surface area contributed by atoms with Crippen molar-refractivity contribution in [1.29, 1.82) is 0 Å². The molecule has 1 heteroatoms. The lowest BCUT2D eigenvalue weighted by atomic mass is 11.4. The minimum Gasteiger partial charge on any atom is -0.114 e. The largest absolute Gasteiger partial charge is 0.114 e. The summed E-state index contributed by atoms with van der Waals surface area (Å²) in [6.45, 7) is 1.87. The Morgan fingerprint density at radius 3 is 1.67 bits per heavy atom. The minimum atomic E-state index is -0.521. The summed E-state index contributed by atoms with van der Waals surface area (Å²) in [5, 5.41) is 0. The molecular weight excluding hydrogens is 91.0 g/mol. The van der Waals surface area contributed by atoms with E-state index >= 15 is 0 Å². The highest BCUT2D eigenvalue weighted by Gasteiger charge is 1.79. The molecule has 0 spiro atoms. The molecule has 0 saturated carbocycles. The molecule has 0 fully saturated rings. The zero-order valence-electron chi connectivity index (χ0n) is 3.60. The third-order valence-electron chi connectivity index (χ3n) is 0.387. The van der Waals surface area contributed by atoms with Crippen LogP contribution in [0.25, 0.3) is 0 Å². The van der Waals surface area contributed by atoms with Crippen molar-refractivity contribution >= 4 is 7.92 Å². The van der Waals surface area contributed by atoms with Gasteiger partial charge in [0.05, 0.1) is 0 Å². The molecule has 0 aromatic carbocycles. The normalized spacial score (nSPS) is 6.67. The van der Waals surface area contributed by atoms with Crippen molar-refractivity contribution in [2.24, 2.45) is 0 Å². The molecule has 0 unspecified atom stereocenters.